The summed E-state index contributed by atoms with van der Waals surface area (Å²) in [6.07, 6.45) is 15.0. The molecule has 494 valence electrons. The smallest absolute Gasteiger partial charge is 0.312 e. The van der Waals surface area contributed by atoms with E-state index >= 15 is 0 Å². The third kappa shape index (κ3) is 39.1. The Hall–Kier alpha value is -5.79. The van der Waals surface area contributed by atoms with Crippen LogP contribution in [0.3, 0.4) is 0 Å². The van der Waals surface area contributed by atoms with Crippen molar-refractivity contribution in [1.29, 1.82) is 0 Å². The van der Waals surface area contributed by atoms with Gasteiger partial charge in [0.15, 0.2) is 12.1 Å². The van der Waals surface area contributed by atoms with Crippen molar-refractivity contribution in [2.75, 3.05) is 53.4 Å². The minimum atomic E-state index is -1.43. The van der Waals surface area contributed by atoms with Crippen molar-refractivity contribution in [3.05, 3.63) is 0 Å². The molecule has 0 aromatic carbocycles. The van der Waals surface area contributed by atoms with Crippen LogP contribution in [-0.4, -0.2) is 171 Å². The van der Waals surface area contributed by atoms with Crippen molar-refractivity contribution in [2.24, 2.45) is 29.6 Å². The van der Waals surface area contributed by atoms with Gasteiger partial charge in [0.1, 0.15) is 25.4 Å². The van der Waals surface area contributed by atoms with Crippen molar-refractivity contribution in [3.63, 3.8) is 0 Å². The molecule has 11 heterocycles. The summed E-state index contributed by atoms with van der Waals surface area (Å²) in [6, 6.07) is 0. The van der Waals surface area contributed by atoms with E-state index in [4.69, 9.17) is 47.7 Å². The predicted molar refractivity (Wildman–Crippen MR) is 305 cm³/mol. The third-order valence-corrected chi connectivity index (χ3v) is 13.9. The zero-order valence-electron chi connectivity index (χ0n) is 52.7. The highest BCUT2D eigenvalue weighted by Gasteiger charge is 2.40. The average Bonchev–Trinajstić information content (AvgIpc) is 4.29. The first-order chi connectivity index (χ1) is 40.5. The molecule has 25 heteroatoms. The molecule has 25 nitrogen and oxygen atoms in total. The molecule has 11 saturated heterocycles. The van der Waals surface area contributed by atoms with E-state index in [0.29, 0.717) is 90.0 Å². The van der Waals surface area contributed by atoms with Crippen LogP contribution in [0, 0.1) is 29.6 Å². The molecule has 0 bridgehead atoms. The number of aliphatic hydroxyl groups is 1. The van der Waals surface area contributed by atoms with E-state index < -0.39 is 30.1 Å². The van der Waals surface area contributed by atoms with Gasteiger partial charge in [0, 0.05) is 52.2 Å². The molecule has 0 radical (unpaired) electrons. The number of ether oxygens (including phenoxy) is 12. The Balaban J connectivity index is 0.000000476. The summed E-state index contributed by atoms with van der Waals surface area (Å²) < 4.78 is 57.2. The van der Waals surface area contributed by atoms with Crippen LogP contribution >= 0.6 is 0 Å². The molecule has 0 spiro atoms. The number of carboxylic acids is 1. The molecular weight excluding hydrogens is 1130 g/mol. The van der Waals surface area contributed by atoms with Gasteiger partial charge in [-0.1, -0.05) is 27.7 Å². The van der Waals surface area contributed by atoms with E-state index in [2.05, 4.69) is 28.1 Å². The summed E-state index contributed by atoms with van der Waals surface area (Å²) in [7, 11) is 1.69. The number of Topliss-reactive ketones (excluding diaryl/α,β-unsaturated/α-hetero) is 1. The minimum absolute atomic E-state index is 0.0312. The van der Waals surface area contributed by atoms with Gasteiger partial charge in [-0.25, -0.2) is 0 Å². The van der Waals surface area contributed by atoms with E-state index in [-0.39, 0.29) is 115 Å². The van der Waals surface area contributed by atoms with Crippen LogP contribution < -0.4 is 0 Å². The second-order valence-electron chi connectivity index (χ2n) is 23.2. The second kappa shape index (κ2) is 43.8. The van der Waals surface area contributed by atoms with E-state index in [0.717, 1.165) is 64.4 Å². The molecule has 0 amide bonds. The molecule has 11 aliphatic heterocycles. The highest BCUT2D eigenvalue weighted by atomic mass is 16.7. The van der Waals surface area contributed by atoms with Crippen molar-refractivity contribution in [3.8, 4) is 0 Å². The van der Waals surface area contributed by atoms with Crippen molar-refractivity contribution >= 4 is 65.5 Å². The van der Waals surface area contributed by atoms with Crippen LogP contribution in [0.1, 0.15) is 198 Å². The lowest BCUT2D eigenvalue weighted by atomic mass is 9.87. The fourth-order valence-corrected chi connectivity index (χ4v) is 8.47. The molecule has 0 aromatic rings. The third-order valence-electron chi connectivity index (χ3n) is 13.9. The topological polar surface area (TPSA) is 339 Å². The van der Waals surface area contributed by atoms with Crippen molar-refractivity contribution in [2.45, 2.75) is 240 Å². The number of esters is 9. The van der Waals surface area contributed by atoms with Gasteiger partial charge in [0.2, 0.25) is 0 Å². The number of ketones is 1. The average molecular weight is 1230 g/mol. The molecule has 11 aliphatic rings. The normalized spacial score (nSPS) is 30.9. The Morgan fingerprint density at radius 2 is 1.05 bits per heavy atom. The zero-order valence-corrected chi connectivity index (χ0v) is 52.7. The fraction of sp³-hybridized carbons (Fsp3) is 0.820. The van der Waals surface area contributed by atoms with E-state index in [9.17, 15) is 57.8 Å². The Kier molecular flexibility index (Phi) is 39.8. The van der Waals surface area contributed by atoms with Gasteiger partial charge in [0.05, 0.1) is 87.4 Å². The second-order valence-corrected chi connectivity index (χ2v) is 23.2. The van der Waals surface area contributed by atoms with Crippen LogP contribution in [0.5, 0.6) is 0 Å². The maximum Gasteiger partial charge on any atom is 0.312 e. The molecule has 0 saturated carbocycles. The standard InChI is InChI=1S/C8H12O5.2C6H10O2.C6H12O2.2C6H10O2.3C5H8O2.2C4H6O2/c1-5-2-8(12,3-6(9)10)4-7(11)13-5;1-5-2-3-8-6(7)4-5;1-5-2-3-6(7)8-4-5;1-7-6-4-2-3-5-8-6;1-5-3-2-4-8-6(5)7;1-5-3-2-4-6(7)8-5;1-4-2-5(6)3-7-4;1-4-2-3-7-5(4)6;1-4-2-3-5(6)7-4;1-3-2-6-4(3)5;1-3-2-4(5)6-3/h5,12H,2-4H2,1H3,(H,9,10);2*5H,2-4H2,1H3;6H,2-5H2,1H3;2*5H,2-4H2,1H3;3*4H,2-3H2,1H3;2*3H,2H2,1H3. The molecule has 86 heavy (non-hydrogen) atoms. The molecule has 12 atom stereocenters. The molecule has 0 aliphatic carbocycles. The quantitative estimate of drug-likeness (QED) is 0.208. The van der Waals surface area contributed by atoms with Gasteiger partial charge in [-0.05, 0) is 124 Å². The number of hydrogen-bond donors (Lipinski definition) is 2. The van der Waals surface area contributed by atoms with Gasteiger partial charge in [-0.15, -0.1) is 0 Å². The number of hydrogen-bond acceptors (Lipinski definition) is 24. The maximum atomic E-state index is 10.9. The molecule has 11 fully saturated rings. The molecule has 11 rings (SSSR count). The van der Waals surface area contributed by atoms with Gasteiger partial charge in [0.25, 0.3) is 0 Å². The van der Waals surface area contributed by atoms with Crippen molar-refractivity contribution < 1.29 is 120 Å². The first-order valence-corrected chi connectivity index (χ1v) is 30.3. The highest BCUT2D eigenvalue weighted by Crippen LogP contribution is 2.28. The molecule has 0 aromatic heterocycles. The first-order valence-electron chi connectivity index (χ1n) is 30.3. The van der Waals surface area contributed by atoms with Crippen LogP contribution in [0.25, 0.3) is 0 Å². The van der Waals surface area contributed by atoms with Gasteiger partial charge in [-0.2, -0.15) is 0 Å². The summed E-state index contributed by atoms with van der Waals surface area (Å²) in [6.45, 7) is 23.4. The lowest BCUT2D eigenvalue weighted by molar-refractivity contribution is -0.172. The van der Waals surface area contributed by atoms with E-state index in [1.54, 1.807) is 14.0 Å². The Labute approximate surface area is 506 Å². The Bertz CT molecular complexity index is 2020. The largest absolute Gasteiger partial charge is 0.481 e. The van der Waals surface area contributed by atoms with E-state index in [1.807, 2.05) is 48.5 Å². The Morgan fingerprint density at radius 1 is 0.465 bits per heavy atom. The molecule has 2 N–H and O–H groups in total. The van der Waals surface area contributed by atoms with Crippen LogP contribution in [0.2, 0.25) is 0 Å². The van der Waals surface area contributed by atoms with Crippen molar-refractivity contribution in [1.82, 2.24) is 0 Å². The number of rotatable bonds is 3. The van der Waals surface area contributed by atoms with E-state index in [1.165, 1.54) is 12.8 Å². The van der Waals surface area contributed by atoms with Crippen LogP contribution in [0.15, 0.2) is 0 Å². The maximum absolute atomic E-state index is 10.9. The van der Waals surface area contributed by atoms with Gasteiger partial charge in [-0.3, -0.25) is 52.7 Å². The summed E-state index contributed by atoms with van der Waals surface area (Å²) >= 11 is 0. The summed E-state index contributed by atoms with van der Waals surface area (Å²) in [5.74, 6) is -0.200. The summed E-state index contributed by atoms with van der Waals surface area (Å²) in [4.78, 5) is 114. The highest BCUT2D eigenvalue weighted by molar-refractivity contribution is 5.81. The predicted octanol–water partition coefficient (Wildman–Crippen LogP) is 7.20. The molecular formula is C61H100O25. The fourth-order valence-electron chi connectivity index (χ4n) is 8.47. The van der Waals surface area contributed by atoms with Gasteiger partial charge < -0.3 is 67.1 Å². The Morgan fingerprint density at radius 3 is 1.33 bits per heavy atom. The van der Waals surface area contributed by atoms with Gasteiger partial charge >= 0.3 is 59.7 Å². The number of cyclic esters (lactones) is 9. The number of carbonyl (C=O) groups is 11. The lowest BCUT2D eigenvalue weighted by Crippen LogP contribution is -2.43. The minimum Gasteiger partial charge on any atom is -0.481 e. The summed E-state index contributed by atoms with van der Waals surface area (Å²) in [5, 5.41) is 18.2. The first kappa shape index (κ1) is 78.2. The molecule has 12 unspecified atom stereocenters. The number of aliphatic carboxylic acids is 1. The lowest BCUT2D eigenvalue weighted by Gasteiger charge is -2.33. The van der Waals surface area contributed by atoms with Crippen LogP contribution in [0.4, 0.5) is 0 Å². The SMILES string of the molecule is CC1CC(=O)CO1.CC1CC(=O)O1.CC1CC(O)(CC(=O)O)CC(=O)O1.CC1CCC(=O)O1.CC1CCC(=O)OC1.CC1CCCC(=O)O1.CC1CCCOC1=O.CC1CCOC(=O)C1.CC1CCOC1=O.CC1COC1=O.COC1CCCCO1. The monoisotopic (exact) mass is 1230 g/mol. The number of carbonyl (C=O) groups excluding carboxylic acids is 10. The summed E-state index contributed by atoms with van der Waals surface area (Å²) in [5.41, 5.74) is -1.43. The number of carboxylic acid groups (broad SMARTS) is 1. The van der Waals surface area contributed by atoms with Crippen LogP contribution in [-0.2, 0) is 110 Å². The number of methoxy groups -OCH3 is 1. The zero-order chi connectivity index (χ0) is 64.8.